The summed E-state index contributed by atoms with van der Waals surface area (Å²) < 4.78 is 29.0. The van der Waals surface area contributed by atoms with Crippen molar-refractivity contribution < 1.29 is 8.78 Å². The van der Waals surface area contributed by atoms with Gasteiger partial charge in [-0.15, -0.1) is 11.3 Å². The van der Waals surface area contributed by atoms with Crippen molar-refractivity contribution in [2.45, 2.75) is 50.7 Å². The van der Waals surface area contributed by atoms with Crippen LogP contribution in [0, 0.1) is 5.82 Å². The Morgan fingerprint density at radius 1 is 1.11 bits per heavy atom. The Labute approximate surface area is 212 Å². The molecule has 3 aliphatic rings. The molecular weight excluding hydrogens is 478 g/mol. The van der Waals surface area contributed by atoms with Gasteiger partial charge in [-0.05, 0) is 55.2 Å². The normalized spacial score (nSPS) is 22.9. The Morgan fingerprint density at radius 2 is 2.00 bits per heavy atom. The first-order valence-electron chi connectivity index (χ1n) is 12.5. The number of aromatic nitrogens is 2. The monoisotopic (exact) mass is 506 g/mol. The van der Waals surface area contributed by atoms with Gasteiger partial charge in [0.2, 0.25) is 5.96 Å². The van der Waals surface area contributed by atoms with Crippen molar-refractivity contribution in [3.05, 3.63) is 76.6 Å². The van der Waals surface area contributed by atoms with Gasteiger partial charge in [0.05, 0.1) is 11.4 Å². The van der Waals surface area contributed by atoms with Crippen molar-refractivity contribution in [1.82, 2.24) is 19.6 Å². The average Bonchev–Trinajstić information content (AvgIpc) is 3.48. The van der Waals surface area contributed by atoms with E-state index in [9.17, 15) is 8.78 Å². The summed E-state index contributed by atoms with van der Waals surface area (Å²) in [7, 11) is 0. The van der Waals surface area contributed by atoms with E-state index in [1.54, 1.807) is 17.4 Å². The molecule has 0 saturated carbocycles. The molecule has 2 unspecified atom stereocenters. The highest BCUT2D eigenvalue weighted by atomic mass is 32.1. The van der Waals surface area contributed by atoms with Crippen LogP contribution in [0.1, 0.15) is 55.1 Å². The fraction of sp³-hybridized carbons (Fsp3) is 0.370. The van der Waals surface area contributed by atoms with E-state index in [1.807, 2.05) is 36.0 Å². The molecule has 2 aromatic heterocycles. The van der Waals surface area contributed by atoms with Crippen LogP contribution in [0.2, 0.25) is 0 Å². The van der Waals surface area contributed by atoms with E-state index in [2.05, 4.69) is 19.6 Å². The SMILES string of the molecule is FC1=CC=C(c2nc3sccn3c2C2CC=NC(NC3CCCN(Cc4ccc(F)cc4)C3)=N2)CC1. The summed E-state index contributed by atoms with van der Waals surface area (Å²) >= 11 is 1.59. The Morgan fingerprint density at radius 3 is 2.83 bits per heavy atom. The van der Waals surface area contributed by atoms with Gasteiger partial charge in [0.1, 0.15) is 17.7 Å². The zero-order chi connectivity index (χ0) is 24.5. The van der Waals surface area contributed by atoms with Gasteiger partial charge in [0, 0.05) is 49.8 Å². The van der Waals surface area contributed by atoms with Gasteiger partial charge in [-0.3, -0.25) is 9.30 Å². The quantitative estimate of drug-likeness (QED) is 0.484. The molecular formula is C27H28F2N6S. The lowest BCUT2D eigenvalue weighted by Gasteiger charge is -2.33. The lowest BCUT2D eigenvalue weighted by molar-refractivity contribution is 0.193. The second-order valence-electron chi connectivity index (χ2n) is 9.57. The third-order valence-electron chi connectivity index (χ3n) is 7.00. The maximum absolute atomic E-state index is 13.6. The van der Waals surface area contributed by atoms with Crippen molar-refractivity contribution in [2.75, 3.05) is 13.1 Å². The number of likely N-dealkylation sites (tertiary alicyclic amines) is 1. The number of halogens is 2. The summed E-state index contributed by atoms with van der Waals surface area (Å²) in [4.78, 5) is 17.8. The summed E-state index contributed by atoms with van der Waals surface area (Å²) in [6, 6.07) is 6.88. The average molecular weight is 507 g/mol. The Bertz CT molecular complexity index is 1370. The van der Waals surface area contributed by atoms with Gasteiger partial charge in [-0.2, -0.15) is 0 Å². The number of benzene rings is 1. The number of nitrogens with zero attached hydrogens (tertiary/aromatic N) is 5. The smallest absolute Gasteiger partial charge is 0.218 e. The van der Waals surface area contributed by atoms with E-state index in [1.165, 1.54) is 12.1 Å². The van der Waals surface area contributed by atoms with Crippen LogP contribution in [0.4, 0.5) is 8.78 Å². The fourth-order valence-electron chi connectivity index (χ4n) is 5.23. The summed E-state index contributed by atoms with van der Waals surface area (Å²) in [5.41, 5.74) is 4.13. The maximum Gasteiger partial charge on any atom is 0.218 e. The van der Waals surface area contributed by atoms with E-state index >= 15 is 0 Å². The molecule has 3 aromatic rings. The van der Waals surface area contributed by atoms with Gasteiger partial charge in [-0.25, -0.2) is 23.7 Å². The first kappa shape index (κ1) is 23.2. The number of guanidine groups is 1. The molecule has 2 aliphatic heterocycles. The fourth-order valence-corrected chi connectivity index (χ4v) is 5.96. The van der Waals surface area contributed by atoms with Crippen LogP contribution < -0.4 is 5.32 Å². The first-order valence-corrected chi connectivity index (χ1v) is 13.3. The predicted molar refractivity (Wildman–Crippen MR) is 141 cm³/mol. The molecule has 36 heavy (non-hydrogen) atoms. The number of allylic oxidation sites excluding steroid dienone is 4. The summed E-state index contributed by atoms with van der Waals surface area (Å²) in [6.45, 7) is 2.71. The standard InChI is InChI=1S/C27H28F2N6S/c28-20-7-3-18(4-8-20)16-34-13-1-2-22(17-34)31-26-30-12-11-23(32-26)25-24(19-5-9-21(29)10-6-19)33-27-35(25)14-15-36-27/h3-5,7-9,12,14-15,22-23H,1-2,6,10-11,13,16-17H2,(H,31,32). The van der Waals surface area contributed by atoms with Crippen LogP contribution in [0.15, 0.2) is 63.8 Å². The lowest BCUT2D eigenvalue weighted by Crippen LogP contribution is -2.47. The zero-order valence-corrected chi connectivity index (χ0v) is 20.7. The molecule has 0 amide bonds. The van der Waals surface area contributed by atoms with Gasteiger partial charge in [0.25, 0.3) is 0 Å². The number of thiazole rings is 1. The topological polar surface area (TPSA) is 57.3 Å². The van der Waals surface area contributed by atoms with Crippen molar-refractivity contribution in [3.63, 3.8) is 0 Å². The van der Waals surface area contributed by atoms with Gasteiger partial charge >= 0.3 is 0 Å². The van der Waals surface area contributed by atoms with E-state index in [4.69, 9.17) is 9.98 Å². The molecule has 1 saturated heterocycles. The van der Waals surface area contributed by atoms with E-state index in [0.29, 0.717) is 25.2 Å². The largest absolute Gasteiger partial charge is 0.350 e. The molecule has 1 aliphatic carbocycles. The Kier molecular flexibility index (Phi) is 6.50. The molecule has 6 rings (SSSR count). The second kappa shape index (κ2) is 10.1. The van der Waals surface area contributed by atoms with Crippen LogP contribution in [-0.2, 0) is 6.54 Å². The molecule has 1 aromatic carbocycles. The minimum atomic E-state index is -0.205. The number of rotatable bonds is 5. The summed E-state index contributed by atoms with van der Waals surface area (Å²) in [5.74, 6) is 0.361. The predicted octanol–water partition coefficient (Wildman–Crippen LogP) is 5.69. The molecule has 6 nitrogen and oxygen atoms in total. The number of hydrogen-bond donors (Lipinski definition) is 1. The summed E-state index contributed by atoms with van der Waals surface area (Å²) in [6.07, 6.45) is 11.3. The van der Waals surface area contributed by atoms with Crippen molar-refractivity contribution >= 4 is 34.0 Å². The number of aliphatic imine (C=N–C) groups is 2. The van der Waals surface area contributed by atoms with Crippen LogP contribution in [-0.4, -0.2) is 45.6 Å². The van der Waals surface area contributed by atoms with Gasteiger partial charge in [-0.1, -0.05) is 18.2 Å². The van der Waals surface area contributed by atoms with Crippen LogP contribution in [0.25, 0.3) is 10.5 Å². The molecule has 4 heterocycles. The Balaban J connectivity index is 1.20. The highest BCUT2D eigenvalue weighted by Gasteiger charge is 2.27. The van der Waals surface area contributed by atoms with Crippen molar-refractivity contribution in [3.8, 4) is 0 Å². The third-order valence-corrected chi connectivity index (χ3v) is 7.75. The summed E-state index contributed by atoms with van der Waals surface area (Å²) in [5, 5.41) is 5.60. The maximum atomic E-state index is 13.6. The van der Waals surface area contributed by atoms with Gasteiger partial charge < -0.3 is 5.32 Å². The third kappa shape index (κ3) is 4.90. The lowest BCUT2D eigenvalue weighted by atomic mass is 9.97. The highest BCUT2D eigenvalue weighted by molar-refractivity contribution is 7.15. The minimum Gasteiger partial charge on any atom is -0.350 e. The highest BCUT2D eigenvalue weighted by Crippen LogP contribution is 2.36. The van der Waals surface area contributed by atoms with Crippen LogP contribution in [0.5, 0.6) is 0 Å². The molecule has 0 radical (unpaired) electrons. The Hall–Kier alpha value is -3.17. The number of piperidine rings is 1. The first-order chi connectivity index (χ1) is 17.6. The van der Waals surface area contributed by atoms with E-state index < -0.39 is 0 Å². The molecule has 1 N–H and O–H groups in total. The second-order valence-corrected chi connectivity index (χ2v) is 10.4. The van der Waals surface area contributed by atoms with Crippen molar-refractivity contribution in [1.29, 1.82) is 0 Å². The number of fused-ring (bicyclic) bond motifs is 1. The minimum absolute atomic E-state index is 0.0865. The zero-order valence-electron chi connectivity index (χ0n) is 19.9. The molecule has 0 spiro atoms. The molecule has 0 bridgehead atoms. The molecule has 9 heteroatoms. The van der Waals surface area contributed by atoms with Gasteiger partial charge in [0.15, 0.2) is 4.96 Å². The number of hydrogen-bond acceptors (Lipinski definition) is 6. The van der Waals surface area contributed by atoms with Crippen molar-refractivity contribution in [2.24, 2.45) is 9.98 Å². The molecule has 186 valence electrons. The molecule has 1 fully saturated rings. The number of imidazole rings is 1. The number of nitrogens with one attached hydrogen (secondary N) is 1. The van der Waals surface area contributed by atoms with Crippen LogP contribution >= 0.6 is 11.3 Å². The molecule has 2 atom stereocenters. The van der Waals surface area contributed by atoms with Crippen LogP contribution in [0.3, 0.4) is 0 Å². The van der Waals surface area contributed by atoms with E-state index in [-0.39, 0.29) is 23.7 Å². The van der Waals surface area contributed by atoms with E-state index in [0.717, 1.165) is 60.0 Å².